The predicted octanol–water partition coefficient (Wildman–Crippen LogP) is 2.05. The molecule has 2 rings (SSSR count). The monoisotopic (exact) mass is 248 g/mol. The fourth-order valence-electron chi connectivity index (χ4n) is 1.66. The van der Waals surface area contributed by atoms with Crippen LogP contribution in [0.4, 0.5) is 0 Å². The van der Waals surface area contributed by atoms with Crippen molar-refractivity contribution < 1.29 is 19.0 Å². The Kier molecular flexibility index (Phi) is 4.50. The molecule has 0 fully saturated rings. The van der Waals surface area contributed by atoms with E-state index in [-0.39, 0.29) is 18.4 Å². The molecule has 18 heavy (non-hydrogen) atoms. The van der Waals surface area contributed by atoms with Crippen LogP contribution in [0.5, 0.6) is 0 Å². The molecule has 1 heterocycles. The average Bonchev–Trinajstić information content (AvgIpc) is 2.38. The minimum Gasteiger partial charge on any atom is -0.456 e. The predicted molar refractivity (Wildman–Crippen MR) is 65.7 cm³/mol. The van der Waals surface area contributed by atoms with Crippen LogP contribution in [-0.4, -0.2) is 25.0 Å². The number of benzene rings is 1. The Morgan fingerprint density at radius 2 is 2.11 bits per heavy atom. The standard InChI is InChI=1S/C14H16O4/c1-11(15)18-13-7-8-14(17-10-13)16-9-12-5-3-2-4-6-12/h2-8,13-14H,9-10H2,1H3/t13-,14-/m0/s1. The number of carbonyl (C=O) groups is 1. The highest BCUT2D eigenvalue weighted by molar-refractivity contribution is 5.66. The molecule has 4 nitrogen and oxygen atoms in total. The third-order valence-electron chi connectivity index (χ3n) is 2.48. The van der Waals surface area contributed by atoms with Gasteiger partial charge in [-0.1, -0.05) is 30.3 Å². The van der Waals surface area contributed by atoms with E-state index < -0.39 is 0 Å². The first kappa shape index (κ1) is 12.8. The van der Waals surface area contributed by atoms with E-state index in [1.54, 1.807) is 12.2 Å². The van der Waals surface area contributed by atoms with Gasteiger partial charge in [0, 0.05) is 6.92 Å². The summed E-state index contributed by atoms with van der Waals surface area (Å²) >= 11 is 0. The van der Waals surface area contributed by atoms with E-state index in [4.69, 9.17) is 14.2 Å². The molecule has 0 bridgehead atoms. The van der Waals surface area contributed by atoms with Crippen LogP contribution in [-0.2, 0) is 25.6 Å². The molecule has 1 aromatic rings. The lowest BCUT2D eigenvalue weighted by molar-refractivity contribution is -0.163. The first-order valence-electron chi connectivity index (χ1n) is 5.87. The van der Waals surface area contributed by atoms with Crippen LogP contribution in [0.25, 0.3) is 0 Å². The largest absolute Gasteiger partial charge is 0.456 e. The van der Waals surface area contributed by atoms with Crippen LogP contribution in [0.1, 0.15) is 12.5 Å². The Hall–Kier alpha value is -1.65. The molecule has 0 N–H and O–H groups in total. The molecule has 2 atom stereocenters. The highest BCUT2D eigenvalue weighted by atomic mass is 16.7. The van der Waals surface area contributed by atoms with Gasteiger partial charge in [0.05, 0.1) is 13.2 Å². The number of carbonyl (C=O) groups excluding carboxylic acids is 1. The van der Waals surface area contributed by atoms with E-state index in [2.05, 4.69) is 0 Å². The van der Waals surface area contributed by atoms with Gasteiger partial charge in [-0.25, -0.2) is 0 Å². The smallest absolute Gasteiger partial charge is 0.303 e. The van der Waals surface area contributed by atoms with E-state index in [1.807, 2.05) is 30.3 Å². The van der Waals surface area contributed by atoms with E-state index in [9.17, 15) is 4.79 Å². The number of ether oxygens (including phenoxy) is 3. The number of hydrogen-bond acceptors (Lipinski definition) is 4. The number of hydrogen-bond donors (Lipinski definition) is 0. The Bertz CT molecular complexity index is 413. The van der Waals surface area contributed by atoms with Crippen molar-refractivity contribution in [2.75, 3.05) is 6.61 Å². The third-order valence-corrected chi connectivity index (χ3v) is 2.48. The van der Waals surface area contributed by atoms with Gasteiger partial charge in [-0.15, -0.1) is 0 Å². The zero-order valence-electron chi connectivity index (χ0n) is 10.2. The van der Waals surface area contributed by atoms with Gasteiger partial charge >= 0.3 is 5.97 Å². The topological polar surface area (TPSA) is 44.8 Å². The highest BCUT2D eigenvalue weighted by Crippen LogP contribution is 2.12. The van der Waals surface area contributed by atoms with Crippen LogP contribution >= 0.6 is 0 Å². The summed E-state index contributed by atoms with van der Waals surface area (Å²) < 4.78 is 16.0. The summed E-state index contributed by atoms with van der Waals surface area (Å²) in [5, 5.41) is 0. The van der Waals surface area contributed by atoms with Gasteiger partial charge in [-0.2, -0.15) is 0 Å². The van der Waals surface area contributed by atoms with Crippen molar-refractivity contribution in [2.45, 2.75) is 25.9 Å². The van der Waals surface area contributed by atoms with Crippen LogP contribution in [0, 0.1) is 0 Å². The van der Waals surface area contributed by atoms with Crippen molar-refractivity contribution in [1.29, 1.82) is 0 Å². The van der Waals surface area contributed by atoms with E-state index in [0.717, 1.165) is 5.56 Å². The maximum atomic E-state index is 10.8. The van der Waals surface area contributed by atoms with Crippen molar-refractivity contribution in [3.05, 3.63) is 48.0 Å². The molecule has 0 unspecified atom stereocenters. The van der Waals surface area contributed by atoms with E-state index in [0.29, 0.717) is 13.2 Å². The molecule has 0 saturated carbocycles. The molecule has 0 aliphatic carbocycles. The van der Waals surface area contributed by atoms with Crippen molar-refractivity contribution in [1.82, 2.24) is 0 Å². The molecule has 0 aromatic heterocycles. The average molecular weight is 248 g/mol. The van der Waals surface area contributed by atoms with Crippen molar-refractivity contribution in [3.8, 4) is 0 Å². The Morgan fingerprint density at radius 3 is 2.72 bits per heavy atom. The molecule has 1 aromatic carbocycles. The molecule has 1 aliphatic heterocycles. The number of rotatable bonds is 4. The summed E-state index contributed by atoms with van der Waals surface area (Å²) in [7, 11) is 0. The van der Waals surface area contributed by atoms with Gasteiger partial charge in [0.1, 0.15) is 6.10 Å². The summed E-state index contributed by atoms with van der Waals surface area (Å²) in [6, 6.07) is 9.88. The Balaban J connectivity index is 1.77. The highest BCUT2D eigenvalue weighted by Gasteiger charge is 2.18. The molecule has 0 amide bonds. The summed E-state index contributed by atoms with van der Waals surface area (Å²) in [4.78, 5) is 10.8. The molecule has 0 radical (unpaired) electrons. The summed E-state index contributed by atoms with van der Waals surface area (Å²) in [5.74, 6) is -0.308. The Morgan fingerprint density at radius 1 is 1.33 bits per heavy atom. The molecular weight excluding hydrogens is 232 g/mol. The molecule has 0 spiro atoms. The van der Waals surface area contributed by atoms with Gasteiger partial charge < -0.3 is 14.2 Å². The molecule has 4 heteroatoms. The second-order valence-corrected chi connectivity index (χ2v) is 4.03. The lowest BCUT2D eigenvalue weighted by Crippen LogP contribution is -2.29. The maximum absolute atomic E-state index is 10.8. The van der Waals surface area contributed by atoms with Crippen molar-refractivity contribution in [3.63, 3.8) is 0 Å². The summed E-state index contributed by atoms with van der Waals surface area (Å²) in [6.45, 7) is 2.20. The van der Waals surface area contributed by atoms with Crippen LogP contribution < -0.4 is 0 Å². The van der Waals surface area contributed by atoms with E-state index >= 15 is 0 Å². The van der Waals surface area contributed by atoms with Crippen molar-refractivity contribution in [2.24, 2.45) is 0 Å². The van der Waals surface area contributed by atoms with Crippen LogP contribution in [0.2, 0.25) is 0 Å². The summed E-state index contributed by atoms with van der Waals surface area (Å²) in [6.07, 6.45) is 2.87. The molecule has 0 saturated heterocycles. The maximum Gasteiger partial charge on any atom is 0.303 e. The minimum absolute atomic E-state index is 0.306. The van der Waals surface area contributed by atoms with Gasteiger partial charge in [-0.3, -0.25) is 4.79 Å². The first-order valence-corrected chi connectivity index (χ1v) is 5.87. The summed E-state index contributed by atoms with van der Waals surface area (Å²) in [5.41, 5.74) is 1.09. The quantitative estimate of drug-likeness (QED) is 0.604. The normalized spacial score (nSPS) is 22.7. The lowest BCUT2D eigenvalue weighted by Gasteiger charge is -2.23. The number of esters is 1. The van der Waals surface area contributed by atoms with Crippen molar-refractivity contribution >= 4 is 5.97 Å². The van der Waals surface area contributed by atoms with Crippen LogP contribution in [0.3, 0.4) is 0 Å². The van der Waals surface area contributed by atoms with Crippen LogP contribution in [0.15, 0.2) is 42.5 Å². The second kappa shape index (κ2) is 6.33. The zero-order valence-corrected chi connectivity index (χ0v) is 10.2. The van der Waals surface area contributed by atoms with E-state index in [1.165, 1.54) is 6.92 Å². The fourth-order valence-corrected chi connectivity index (χ4v) is 1.66. The Labute approximate surface area is 106 Å². The van der Waals surface area contributed by atoms with Gasteiger partial charge in [0.2, 0.25) is 0 Å². The molecule has 96 valence electrons. The molecule has 1 aliphatic rings. The van der Waals surface area contributed by atoms with Gasteiger partial charge in [0.25, 0.3) is 0 Å². The molecular formula is C14H16O4. The lowest BCUT2D eigenvalue weighted by atomic mass is 10.2. The second-order valence-electron chi connectivity index (χ2n) is 4.03. The minimum atomic E-state index is -0.378. The van der Waals surface area contributed by atoms with Gasteiger partial charge in [0.15, 0.2) is 6.29 Å². The third kappa shape index (κ3) is 3.98. The first-order chi connectivity index (χ1) is 8.74. The van der Waals surface area contributed by atoms with Gasteiger partial charge in [-0.05, 0) is 17.7 Å². The SMILES string of the molecule is CC(=O)O[C@H]1C=C[C@@H](OCc2ccccc2)OC1. The zero-order chi connectivity index (χ0) is 12.8. The fraction of sp³-hybridized carbons (Fsp3) is 0.357.